The van der Waals surface area contributed by atoms with Crippen LogP contribution >= 0.6 is 11.8 Å². The summed E-state index contributed by atoms with van der Waals surface area (Å²) in [4.78, 5) is 10.9. The number of aliphatic hydroxyl groups is 1. The van der Waals surface area contributed by atoms with Crippen molar-refractivity contribution in [2.75, 3.05) is 0 Å². The first-order chi connectivity index (χ1) is 4.45. The van der Waals surface area contributed by atoms with E-state index in [2.05, 4.69) is 0 Å². The number of carbonyl (C=O) groups is 1. The lowest BCUT2D eigenvalue weighted by atomic mass is 9.85. The Labute approximate surface area is 65.1 Å². The van der Waals surface area contributed by atoms with Crippen molar-refractivity contribution < 1.29 is 9.90 Å². The van der Waals surface area contributed by atoms with Crippen molar-refractivity contribution in [3.63, 3.8) is 0 Å². The highest BCUT2D eigenvalue weighted by Gasteiger charge is 2.36. The fraction of sp³-hybridized carbons (Fsp3) is 0.500. The van der Waals surface area contributed by atoms with Crippen molar-refractivity contribution >= 4 is 24.7 Å². The number of rotatable bonds is 0. The van der Waals surface area contributed by atoms with Crippen LogP contribution in [0.25, 0.3) is 0 Å². The van der Waals surface area contributed by atoms with Crippen molar-refractivity contribution in [2.45, 2.75) is 18.5 Å². The van der Waals surface area contributed by atoms with Crippen molar-refractivity contribution in [1.29, 1.82) is 0 Å². The summed E-state index contributed by atoms with van der Waals surface area (Å²) in [6.45, 7) is 3.18. The van der Waals surface area contributed by atoms with Gasteiger partial charge in [-0.15, -0.1) is 0 Å². The molecule has 1 N–H and O–H groups in total. The predicted molar refractivity (Wildman–Crippen MR) is 42.1 cm³/mol. The van der Waals surface area contributed by atoms with Gasteiger partial charge in [0.05, 0.1) is 0 Å². The molecule has 0 amide bonds. The van der Waals surface area contributed by atoms with Crippen molar-refractivity contribution in [1.82, 2.24) is 0 Å². The van der Waals surface area contributed by atoms with E-state index in [1.807, 2.05) is 0 Å². The predicted octanol–water partition coefficient (Wildman–Crippen LogP) is 0.976. The summed E-state index contributed by atoms with van der Waals surface area (Å²) in [6, 6.07) is 0. The fourth-order valence-corrected chi connectivity index (χ4v) is 1.67. The van der Waals surface area contributed by atoms with Crippen LogP contribution in [-0.2, 0) is 4.79 Å². The minimum Gasteiger partial charge on any atom is -0.511 e. The van der Waals surface area contributed by atoms with E-state index in [-0.39, 0.29) is 10.9 Å². The molecule has 1 heterocycles. The van der Waals surface area contributed by atoms with E-state index in [0.717, 1.165) is 11.8 Å². The zero-order valence-electron chi connectivity index (χ0n) is 5.84. The highest BCUT2D eigenvalue weighted by molar-refractivity contribution is 8.16. The Hall–Kier alpha value is -0.375. The Balaban J connectivity index is 3.06. The minimum atomic E-state index is -0.902. The summed E-state index contributed by atoms with van der Waals surface area (Å²) in [6.07, 6.45) is 0. The second kappa shape index (κ2) is 2.05. The zero-order valence-corrected chi connectivity index (χ0v) is 6.66. The van der Waals surface area contributed by atoms with E-state index in [1.165, 1.54) is 0 Å². The summed E-state index contributed by atoms with van der Waals surface area (Å²) < 4.78 is -0.902. The van der Waals surface area contributed by atoms with E-state index in [0.29, 0.717) is 5.57 Å². The second-order valence-corrected chi connectivity index (χ2v) is 3.89. The summed E-state index contributed by atoms with van der Waals surface area (Å²) >= 11 is 0.954. The molecule has 10 heavy (non-hydrogen) atoms. The van der Waals surface area contributed by atoms with Gasteiger partial charge in [-0.2, -0.15) is 0 Å². The molecular formula is C6H7BO2S. The Morgan fingerprint density at radius 2 is 2.20 bits per heavy atom. The highest BCUT2D eigenvalue weighted by Crippen LogP contribution is 2.39. The first kappa shape index (κ1) is 7.73. The molecule has 0 spiro atoms. The van der Waals surface area contributed by atoms with Crippen LogP contribution in [0, 0.1) is 0 Å². The van der Waals surface area contributed by atoms with Crippen molar-refractivity contribution in [3.8, 4) is 0 Å². The largest absolute Gasteiger partial charge is 0.511 e. The maximum absolute atomic E-state index is 10.9. The molecule has 1 atom stereocenters. The lowest BCUT2D eigenvalue weighted by molar-refractivity contribution is -0.107. The van der Waals surface area contributed by atoms with Gasteiger partial charge in [-0.1, -0.05) is 18.7 Å². The molecular weight excluding hydrogens is 147 g/mol. The molecule has 4 heteroatoms. The molecule has 0 aromatic rings. The molecule has 1 unspecified atom stereocenters. The Morgan fingerprint density at radius 3 is 2.30 bits per heavy atom. The Kier molecular flexibility index (Phi) is 1.59. The standard InChI is InChI=1S/C6H7BO2S/c1-3-4(8)6(2,7)10-5(3)9/h8H,1-2H3. The van der Waals surface area contributed by atoms with Crippen LogP contribution < -0.4 is 0 Å². The van der Waals surface area contributed by atoms with Crippen molar-refractivity contribution in [2.24, 2.45) is 0 Å². The lowest BCUT2D eigenvalue weighted by Gasteiger charge is -2.14. The first-order valence-corrected chi connectivity index (χ1v) is 3.69. The third kappa shape index (κ3) is 0.965. The normalized spacial score (nSPS) is 33.6. The summed E-state index contributed by atoms with van der Waals surface area (Å²) in [5, 5.41) is 9.07. The Bertz CT molecular complexity index is 220. The van der Waals surface area contributed by atoms with Gasteiger partial charge < -0.3 is 5.11 Å². The van der Waals surface area contributed by atoms with E-state index in [1.54, 1.807) is 13.8 Å². The topological polar surface area (TPSA) is 37.3 Å². The van der Waals surface area contributed by atoms with Crippen LogP contribution in [0.1, 0.15) is 13.8 Å². The third-order valence-corrected chi connectivity index (χ3v) is 2.55. The number of carbonyl (C=O) groups excluding carboxylic acids is 1. The number of aliphatic hydroxyl groups excluding tert-OH is 1. The molecule has 0 aliphatic carbocycles. The number of hydrogen-bond donors (Lipinski definition) is 1. The highest BCUT2D eigenvalue weighted by atomic mass is 32.2. The van der Waals surface area contributed by atoms with E-state index >= 15 is 0 Å². The molecule has 52 valence electrons. The molecule has 2 nitrogen and oxygen atoms in total. The van der Waals surface area contributed by atoms with Gasteiger partial charge in [-0.05, 0) is 6.92 Å². The summed E-state index contributed by atoms with van der Waals surface area (Å²) in [5.41, 5.74) is 0.370. The number of thioether (sulfide) groups is 1. The van der Waals surface area contributed by atoms with Gasteiger partial charge in [-0.3, -0.25) is 4.79 Å². The van der Waals surface area contributed by atoms with Gasteiger partial charge in [0.25, 0.3) is 0 Å². The third-order valence-electron chi connectivity index (χ3n) is 1.44. The fourth-order valence-electron chi connectivity index (χ4n) is 0.786. The van der Waals surface area contributed by atoms with Crippen LogP contribution in [0.15, 0.2) is 11.3 Å². The van der Waals surface area contributed by atoms with E-state index in [4.69, 9.17) is 7.85 Å². The van der Waals surface area contributed by atoms with Gasteiger partial charge in [0.1, 0.15) is 13.6 Å². The lowest BCUT2D eigenvalue weighted by Crippen LogP contribution is -2.19. The van der Waals surface area contributed by atoms with Crippen LogP contribution in [-0.4, -0.2) is 22.7 Å². The molecule has 0 saturated carbocycles. The molecule has 0 saturated heterocycles. The van der Waals surface area contributed by atoms with E-state index < -0.39 is 4.65 Å². The molecule has 1 aliphatic rings. The molecule has 0 aromatic carbocycles. The molecule has 0 fully saturated rings. The van der Waals surface area contributed by atoms with Gasteiger partial charge in [0.2, 0.25) is 5.12 Å². The van der Waals surface area contributed by atoms with Crippen LogP contribution in [0.5, 0.6) is 0 Å². The Morgan fingerprint density at radius 1 is 1.70 bits per heavy atom. The molecule has 0 aromatic heterocycles. The van der Waals surface area contributed by atoms with E-state index in [9.17, 15) is 9.90 Å². The monoisotopic (exact) mass is 154 g/mol. The average molecular weight is 154 g/mol. The molecule has 1 rings (SSSR count). The van der Waals surface area contributed by atoms with Crippen LogP contribution in [0.2, 0.25) is 0 Å². The van der Waals surface area contributed by atoms with Crippen LogP contribution in [0.3, 0.4) is 0 Å². The van der Waals surface area contributed by atoms with Gasteiger partial charge in [0, 0.05) is 10.2 Å². The van der Waals surface area contributed by atoms with Gasteiger partial charge in [0.15, 0.2) is 0 Å². The quantitative estimate of drug-likeness (QED) is 0.528. The molecule has 2 radical (unpaired) electrons. The molecule has 0 bridgehead atoms. The number of hydrogen-bond acceptors (Lipinski definition) is 3. The van der Waals surface area contributed by atoms with Gasteiger partial charge in [-0.25, -0.2) is 0 Å². The zero-order chi connectivity index (χ0) is 7.94. The minimum absolute atomic E-state index is 0.00231. The van der Waals surface area contributed by atoms with Crippen molar-refractivity contribution in [3.05, 3.63) is 11.3 Å². The SMILES string of the molecule is [B]C1(C)SC(=O)C(C)=C1O. The maximum atomic E-state index is 10.9. The van der Waals surface area contributed by atoms with Gasteiger partial charge >= 0.3 is 0 Å². The second-order valence-electron chi connectivity index (χ2n) is 2.47. The molecule has 1 aliphatic heterocycles. The summed E-state index contributed by atoms with van der Waals surface area (Å²) in [5.74, 6) is 0.00231. The smallest absolute Gasteiger partial charge is 0.218 e. The average Bonchev–Trinajstić information content (AvgIpc) is 1.95. The summed E-state index contributed by atoms with van der Waals surface area (Å²) in [7, 11) is 5.54. The van der Waals surface area contributed by atoms with Crippen LogP contribution in [0.4, 0.5) is 0 Å². The first-order valence-electron chi connectivity index (χ1n) is 2.87. The maximum Gasteiger partial charge on any atom is 0.218 e.